The van der Waals surface area contributed by atoms with Crippen molar-refractivity contribution in [3.63, 3.8) is 0 Å². The van der Waals surface area contributed by atoms with E-state index in [2.05, 4.69) is 4.72 Å². The molecule has 0 aliphatic carbocycles. The minimum absolute atomic E-state index is 0.173. The molecule has 0 spiro atoms. The molecule has 1 saturated heterocycles. The van der Waals surface area contributed by atoms with E-state index in [1.54, 1.807) is 11.8 Å². The van der Waals surface area contributed by atoms with Gasteiger partial charge in [0, 0.05) is 13.1 Å². The van der Waals surface area contributed by atoms with Gasteiger partial charge in [0.1, 0.15) is 5.21 Å². The first-order valence-electron chi connectivity index (χ1n) is 5.31. The summed E-state index contributed by atoms with van der Waals surface area (Å²) in [5, 5.41) is -0.523. The lowest BCUT2D eigenvalue weighted by atomic mass is 10.1. The molecule has 16 heavy (non-hydrogen) atoms. The molecule has 7 heteroatoms. The molecule has 5 nitrogen and oxygen atoms in total. The van der Waals surface area contributed by atoms with E-state index < -0.39 is 21.3 Å². The Morgan fingerprint density at radius 2 is 1.94 bits per heavy atom. The third-order valence-electron chi connectivity index (χ3n) is 2.54. The lowest BCUT2D eigenvalue weighted by Crippen LogP contribution is -2.48. The number of alkyl halides is 1. The summed E-state index contributed by atoms with van der Waals surface area (Å²) in [6, 6.07) is -0.734. The zero-order chi connectivity index (χ0) is 12.2. The quantitative estimate of drug-likeness (QED) is 0.755. The van der Waals surface area contributed by atoms with Crippen molar-refractivity contribution in [1.29, 1.82) is 0 Å². The van der Waals surface area contributed by atoms with Gasteiger partial charge in [-0.05, 0) is 26.2 Å². The van der Waals surface area contributed by atoms with Crippen molar-refractivity contribution >= 4 is 27.5 Å². The summed E-state index contributed by atoms with van der Waals surface area (Å²) in [5.41, 5.74) is 0. The van der Waals surface area contributed by atoms with Crippen LogP contribution in [0.15, 0.2) is 0 Å². The average molecular weight is 269 g/mol. The van der Waals surface area contributed by atoms with Gasteiger partial charge in [0.25, 0.3) is 0 Å². The number of nitrogens with zero attached hydrogens (tertiary/aromatic N) is 1. The number of carbonyl (C=O) groups is 1. The SMILES string of the molecule is CC(NS(=O)(=O)CCl)C(=O)N1CCCCC1. The van der Waals surface area contributed by atoms with E-state index in [0.29, 0.717) is 13.1 Å². The number of hydrogen-bond acceptors (Lipinski definition) is 3. The van der Waals surface area contributed by atoms with Crippen LogP contribution >= 0.6 is 11.6 Å². The first-order chi connectivity index (χ1) is 7.46. The van der Waals surface area contributed by atoms with E-state index in [1.807, 2.05) is 0 Å². The van der Waals surface area contributed by atoms with Crippen LogP contribution in [-0.4, -0.2) is 43.6 Å². The van der Waals surface area contributed by atoms with Crippen LogP contribution in [0, 0.1) is 0 Å². The van der Waals surface area contributed by atoms with Crippen molar-refractivity contribution in [2.24, 2.45) is 0 Å². The van der Waals surface area contributed by atoms with Gasteiger partial charge in [-0.1, -0.05) is 0 Å². The summed E-state index contributed by atoms with van der Waals surface area (Å²) >= 11 is 5.25. The molecule has 0 radical (unpaired) electrons. The predicted octanol–water partition coefficient (Wildman–Crippen LogP) is 0.503. The maximum absolute atomic E-state index is 11.8. The van der Waals surface area contributed by atoms with Crippen LogP contribution in [0.2, 0.25) is 0 Å². The van der Waals surface area contributed by atoms with Crippen molar-refractivity contribution < 1.29 is 13.2 Å². The van der Waals surface area contributed by atoms with Crippen LogP contribution in [0.25, 0.3) is 0 Å². The summed E-state index contributed by atoms with van der Waals surface area (Å²) < 4.78 is 24.6. The summed E-state index contributed by atoms with van der Waals surface area (Å²) in [6.45, 7) is 2.97. The number of carbonyl (C=O) groups excluding carboxylic acids is 1. The Balaban J connectivity index is 2.53. The summed E-state index contributed by atoms with van der Waals surface area (Å²) in [4.78, 5) is 13.5. The first-order valence-corrected chi connectivity index (χ1v) is 7.50. The fourth-order valence-electron chi connectivity index (χ4n) is 1.74. The third-order valence-corrected chi connectivity index (χ3v) is 4.40. The molecule has 1 N–H and O–H groups in total. The van der Waals surface area contributed by atoms with Gasteiger partial charge in [-0.25, -0.2) is 13.1 Å². The molecule has 0 aromatic carbocycles. The molecule has 0 aromatic heterocycles. The van der Waals surface area contributed by atoms with Crippen LogP contribution in [0.1, 0.15) is 26.2 Å². The molecule has 1 rings (SSSR count). The Bertz CT molecular complexity index is 339. The second-order valence-electron chi connectivity index (χ2n) is 3.95. The van der Waals surface area contributed by atoms with Crippen LogP contribution in [0.3, 0.4) is 0 Å². The lowest BCUT2D eigenvalue weighted by Gasteiger charge is -2.29. The van der Waals surface area contributed by atoms with Crippen molar-refractivity contribution in [3.05, 3.63) is 0 Å². The molecule has 0 aromatic rings. The highest BCUT2D eigenvalue weighted by Crippen LogP contribution is 2.10. The highest BCUT2D eigenvalue weighted by atomic mass is 35.5. The largest absolute Gasteiger partial charge is 0.341 e. The number of halogens is 1. The highest BCUT2D eigenvalue weighted by Gasteiger charge is 2.25. The summed E-state index contributed by atoms with van der Waals surface area (Å²) in [5.74, 6) is -0.173. The smallest absolute Gasteiger partial charge is 0.240 e. The lowest BCUT2D eigenvalue weighted by molar-refractivity contribution is -0.133. The first kappa shape index (κ1) is 13.7. The second kappa shape index (κ2) is 5.84. The Kier molecular flexibility index (Phi) is 5.01. The molecule has 1 amide bonds. The topological polar surface area (TPSA) is 66.5 Å². The summed E-state index contributed by atoms with van der Waals surface area (Å²) in [7, 11) is -3.53. The molecule has 1 heterocycles. The minimum Gasteiger partial charge on any atom is -0.341 e. The third kappa shape index (κ3) is 3.92. The fraction of sp³-hybridized carbons (Fsp3) is 0.889. The van der Waals surface area contributed by atoms with Crippen LogP contribution in [-0.2, 0) is 14.8 Å². The van der Waals surface area contributed by atoms with Crippen molar-refractivity contribution in [3.8, 4) is 0 Å². The Morgan fingerprint density at radius 1 is 1.38 bits per heavy atom. The Labute approximate surface area is 101 Å². The standard InChI is InChI=1S/C9H17ClN2O3S/c1-8(11-16(14,15)7-10)9(13)12-5-3-2-4-6-12/h8,11H,2-7H2,1H3. The van der Waals surface area contributed by atoms with Gasteiger partial charge in [0.05, 0.1) is 6.04 Å². The van der Waals surface area contributed by atoms with E-state index >= 15 is 0 Å². The maximum atomic E-state index is 11.8. The average Bonchev–Trinajstić information content (AvgIpc) is 2.28. The monoisotopic (exact) mass is 268 g/mol. The Hall–Kier alpha value is -0.330. The van der Waals surface area contributed by atoms with Gasteiger partial charge >= 0.3 is 0 Å². The van der Waals surface area contributed by atoms with E-state index in [1.165, 1.54) is 0 Å². The van der Waals surface area contributed by atoms with Crippen molar-refractivity contribution in [1.82, 2.24) is 9.62 Å². The normalized spacial score (nSPS) is 19.5. The zero-order valence-electron chi connectivity index (χ0n) is 9.28. The van der Waals surface area contributed by atoms with E-state index in [9.17, 15) is 13.2 Å². The molecule has 0 saturated carbocycles. The van der Waals surface area contributed by atoms with Gasteiger partial charge in [0.2, 0.25) is 15.9 Å². The number of hydrogen-bond donors (Lipinski definition) is 1. The van der Waals surface area contributed by atoms with Crippen molar-refractivity contribution in [2.75, 3.05) is 18.3 Å². The Morgan fingerprint density at radius 3 is 2.44 bits per heavy atom. The van der Waals surface area contributed by atoms with Crippen LogP contribution in [0.5, 0.6) is 0 Å². The fourth-order valence-corrected chi connectivity index (χ4v) is 2.63. The number of sulfonamides is 1. The second-order valence-corrected chi connectivity index (χ2v) is 6.29. The summed E-state index contributed by atoms with van der Waals surface area (Å²) in [6.07, 6.45) is 3.10. The molecule has 1 aliphatic heterocycles. The maximum Gasteiger partial charge on any atom is 0.240 e. The number of nitrogens with one attached hydrogen (secondary N) is 1. The number of amides is 1. The van der Waals surface area contributed by atoms with E-state index in [-0.39, 0.29) is 5.91 Å². The minimum atomic E-state index is -3.53. The van der Waals surface area contributed by atoms with Gasteiger partial charge < -0.3 is 4.90 Å². The van der Waals surface area contributed by atoms with Crippen LogP contribution < -0.4 is 4.72 Å². The van der Waals surface area contributed by atoms with E-state index in [4.69, 9.17) is 11.6 Å². The zero-order valence-corrected chi connectivity index (χ0v) is 10.9. The number of piperidine rings is 1. The molecule has 94 valence electrons. The number of rotatable bonds is 4. The van der Waals surface area contributed by atoms with Gasteiger partial charge in [-0.2, -0.15) is 0 Å². The van der Waals surface area contributed by atoms with Crippen LogP contribution in [0.4, 0.5) is 0 Å². The number of likely N-dealkylation sites (tertiary alicyclic amines) is 1. The van der Waals surface area contributed by atoms with Crippen molar-refractivity contribution in [2.45, 2.75) is 32.2 Å². The molecule has 0 bridgehead atoms. The van der Waals surface area contributed by atoms with Gasteiger partial charge in [-0.15, -0.1) is 11.6 Å². The molecule has 1 unspecified atom stereocenters. The van der Waals surface area contributed by atoms with E-state index in [0.717, 1.165) is 19.3 Å². The molecular weight excluding hydrogens is 252 g/mol. The molecule has 1 aliphatic rings. The molecule has 1 atom stereocenters. The molecule has 1 fully saturated rings. The van der Waals surface area contributed by atoms with Gasteiger partial charge in [-0.3, -0.25) is 4.79 Å². The molecular formula is C9H17ClN2O3S. The van der Waals surface area contributed by atoms with Gasteiger partial charge in [0.15, 0.2) is 0 Å². The highest BCUT2D eigenvalue weighted by molar-refractivity contribution is 7.90. The predicted molar refractivity (Wildman–Crippen MR) is 62.7 cm³/mol.